The van der Waals surface area contributed by atoms with Crippen molar-refractivity contribution in [1.82, 2.24) is 0 Å². The molecule has 1 aliphatic heterocycles. The summed E-state index contributed by atoms with van der Waals surface area (Å²) in [6.45, 7) is 0. The van der Waals surface area contributed by atoms with Crippen molar-refractivity contribution in [3.8, 4) is 17.6 Å². The van der Waals surface area contributed by atoms with Gasteiger partial charge in [0.1, 0.15) is 17.6 Å². The number of hydrogen-bond donors (Lipinski definition) is 0. The van der Waals surface area contributed by atoms with Gasteiger partial charge in [-0.05, 0) is 60.6 Å². The van der Waals surface area contributed by atoms with Crippen LogP contribution in [0.3, 0.4) is 0 Å². The number of halogens is 1. The molecule has 0 radical (unpaired) electrons. The lowest BCUT2D eigenvalue weighted by atomic mass is 9.93. The van der Waals surface area contributed by atoms with Crippen LogP contribution in [-0.2, 0) is 0 Å². The van der Waals surface area contributed by atoms with E-state index in [0.29, 0.717) is 40.0 Å². The third kappa shape index (κ3) is 4.56. The van der Waals surface area contributed by atoms with Crippen molar-refractivity contribution in [3.63, 3.8) is 0 Å². The Balaban J connectivity index is 1.72. The molecule has 1 saturated heterocycles. The van der Waals surface area contributed by atoms with E-state index in [1.165, 1.54) is 0 Å². The van der Waals surface area contributed by atoms with Crippen molar-refractivity contribution in [1.29, 1.82) is 5.26 Å². The summed E-state index contributed by atoms with van der Waals surface area (Å²) < 4.78 is 5.75. The van der Waals surface area contributed by atoms with Crippen LogP contribution in [0.5, 0.6) is 11.5 Å². The Morgan fingerprint density at radius 3 is 2.68 bits per heavy atom. The van der Waals surface area contributed by atoms with Crippen LogP contribution in [-0.4, -0.2) is 17.3 Å². The van der Waals surface area contributed by atoms with Gasteiger partial charge in [0, 0.05) is 12.0 Å². The lowest BCUT2D eigenvalue weighted by molar-refractivity contribution is 0.0958. The molecule has 0 unspecified atom stereocenters. The quantitative estimate of drug-likeness (QED) is 0.630. The zero-order valence-corrected chi connectivity index (χ0v) is 15.3. The van der Waals surface area contributed by atoms with Gasteiger partial charge in [-0.15, -0.1) is 0 Å². The van der Waals surface area contributed by atoms with Gasteiger partial charge in [-0.3, -0.25) is 4.79 Å². The van der Waals surface area contributed by atoms with Crippen LogP contribution in [0.4, 0.5) is 0 Å². The molecule has 1 fully saturated rings. The first-order chi connectivity index (χ1) is 12.2. The highest BCUT2D eigenvalue weighted by molar-refractivity contribution is 7.99. The van der Waals surface area contributed by atoms with Crippen molar-refractivity contribution in [2.45, 2.75) is 19.3 Å². The van der Waals surface area contributed by atoms with Crippen molar-refractivity contribution in [2.24, 2.45) is 5.92 Å². The molecule has 3 rings (SSSR count). The molecule has 1 aliphatic rings. The SMILES string of the molecule is N#Cc1ccccc1Oc1ccc(C(=O)CC2CCSCC2)cc1Cl. The van der Waals surface area contributed by atoms with Gasteiger partial charge >= 0.3 is 0 Å². The third-order valence-electron chi connectivity index (χ3n) is 4.30. The highest BCUT2D eigenvalue weighted by Gasteiger charge is 2.19. The first-order valence-electron chi connectivity index (χ1n) is 8.25. The largest absolute Gasteiger partial charge is 0.454 e. The zero-order chi connectivity index (χ0) is 17.6. The van der Waals surface area contributed by atoms with Crippen molar-refractivity contribution >= 4 is 29.1 Å². The molecule has 0 atom stereocenters. The van der Waals surface area contributed by atoms with Gasteiger partial charge in [0.15, 0.2) is 5.78 Å². The molecule has 25 heavy (non-hydrogen) atoms. The van der Waals surface area contributed by atoms with Gasteiger partial charge in [0.2, 0.25) is 0 Å². The summed E-state index contributed by atoms with van der Waals surface area (Å²) in [5.74, 6) is 3.78. The summed E-state index contributed by atoms with van der Waals surface area (Å²) in [5.41, 5.74) is 1.05. The Bertz CT molecular complexity index is 810. The number of para-hydroxylation sites is 1. The maximum absolute atomic E-state index is 12.5. The molecule has 0 bridgehead atoms. The van der Waals surface area contributed by atoms with Crippen LogP contribution >= 0.6 is 23.4 Å². The molecule has 128 valence electrons. The molecule has 3 nitrogen and oxygen atoms in total. The van der Waals surface area contributed by atoms with E-state index in [9.17, 15) is 4.79 Å². The number of carbonyl (C=O) groups excluding carboxylic acids is 1. The number of thioether (sulfide) groups is 1. The number of nitriles is 1. The number of Topliss-reactive ketones (excluding diaryl/α,β-unsaturated/α-hetero) is 1. The molecule has 0 amide bonds. The Labute approximate surface area is 156 Å². The lowest BCUT2D eigenvalue weighted by Crippen LogP contribution is -2.14. The van der Waals surface area contributed by atoms with E-state index in [2.05, 4.69) is 6.07 Å². The summed E-state index contributed by atoms with van der Waals surface area (Å²) in [6, 6.07) is 14.2. The van der Waals surface area contributed by atoms with Gasteiger partial charge in [-0.1, -0.05) is 23.7 Å². The van der Waals surface area contributed by atoms with E-state index < -0.39 is 0 Å². The smallest absolute Gasteiger partial charge is 0.163 e. The van der Waals surface area contributed by atoms with E-state index in [4.69, 9.17) is 21.6 Å². The molecule has 0 saturated carbocycles. The Hall–Kier alpha value is -1.96. The van der Waals surface area contributed by atoms with Gasteiger partial charge in [-0.25, -0.2) is 0 Å². The van der Waals surface area contributed by atoms with Crippen LogP contribution in [0.15, 0.2) is 42.5 Å². The van der Waals surface area contributed by atoms with E-state index in [-0.39, 0.29) is 5.78 Å². The first-order valence-corrected chi connectivity index (χ1v) is 9.78. The van der Waals surface area contributed by atoms with Crippen LogP contribution in [0.1, 0.15) is 35.2 Å². The summed E-state index contributed by atoms with van der Waals surface area (Å²) >= 11 is 8.26. The molecular weight excluding hydrogens is 354 g/mol. The van der Waals surface area contributed by atoms with Gasteiger partial charge < -0.3 is 4.74 Å². The zero-order valence-electron chi connectivity index (χ0n) is 13.7. The predicted octanol–water partition coefficient (Wildman–Crippen LogP) is 5.72. The van der Waals surface area contributed by atoms with Crippen molar-refractivity contribution < 1.29 is 9.53 Å². The van der Waals surface area contributed by atoms with Gasteiger partial charge in [0.25, 0.3) is 0 Å². The number of hydrogen-bond acceptors (Lipinski definition) is 4. The first kappa shape index (κ1) is 17.8. The summed E-state index contributed by atoms with van der Waals surface area (Å²) in [7, 11) is 0. The Morgan fingerprint density at radius 2 is 1.96 bits per heavy atom. The van der Waals surface area contributed by atoms with Crippen LogP contribution < -0.4 is 4.74 Å². The molecule has 0 spiro atoms. The predicted molar refractivity (Wildman–Crippen MR) is 102 cm³/mol. The van der Waals surface area contributed by atoms with E-state index in [1.54, 1.807) is 42.5 Å². The van der Waals surface area contributed by atoms with Gasteiger partial charge in [0.05, 0.1) is 10.6 Å². The number of benzene rings is 2. The molecule has 1 heterocycles. The molecule has 0 aromatic heterocycles. The standard InChI is InChI=1S/C20H18ClNO2S/c21-17-12-15(18(23)11-14-7-9-25-10-8-14)5-6-20(17)24-19-4-2-1-3-16(19)13-22/h1-6,12,14H,7-11H2. The fraction of sp³-hybridized carbons (Fsp3) is 0.300. The van der Waals surface area contributed by atoms with Crippen LogP contribution in [0, 0.1) is 17.2 Å². The average Bonchev–Trinajstić information content (AvgIpc) is 2.64. The second-order valence-electron chi connectivity index (χ2n) is 6.04. The van der Waals surface area contributed by atoms with Crippen molar-refractivity contribution in [3.05, 3.63) is 58.6 Å². The molecule has 0 aliphatic carbocycles. The fourth-order valence-corrected chi connectivity index (χ4v) is 4.28. The minimum absolute atomic E-state index is 0.128. The average molecular weight is 372 g/mol. The Kier molecular flexibility index (Phi) is 6.01. The molecule has 5 heteroatoms. The van der Waals surface area contributed by atoms with E-state index in [0.717, 1.165) is 24.3 Å². The topological polar surface area (TPSA) is 50.1 Å². The summed E-state index contributed by atoms with van der Waals surface area (Å²) in [5, 5.41) is 9.50. The maximum atomic E-state index is 12.5. The minimum atomic E-state index is 0.128. The summed E-state index contributed by atoms with van der Waals surface area (Å²) in [6.07, 6.45) is 2.79. The fourth-order valence-electron chi connectivity index (χ4n) is 2.85. The third-order valence-corrected chi connectivity index (χ3v) is 5.64. The molecular formula is C20H18ClNO2S. The molecule has 0 N–H and O–H groups in total. The highest BCUT2D eigenvalue weighted by atomic mass is 35.5. The van der Waals surface area contributed by atoms with E-state index >= 15 is 0 Å². The number of ether oxygens (including phenoxy) is 1. The van der Waals surface area contributed by atoms with Crippen LogP contribution in [0.2, 0.25) is 5.02 Å². The molecule has 2 aromatic carbocycles. The summed E-state index contributed by atoms with van der Waals surface area (Å²) in [4.78, 5) is 12.5. The number of carbonyl (C=O) groups is 1. The van der Waals surface area contributed by atoms with Crippen LogP contribution in [0.25, 0.3) is 0 Å². The molecule has 2 aromatic rings. The number of nitrogens with zero attached hydrogens (tertiary/aromatic N) is 1. The second kappa shape index (κ2) is 8.42. The number of ketones is 1. The Morgan fingerprint density at radius 1 is 1.20 bits per heavy atom. The maximum Gasteiger partial charge on any atom is 0.163 e. The number of rotatable bonds is 5. The minimum Gasteiger partial charge on any atom is -0.454 e. The van der Waals surface area contributed by atoms with E-state index in [1.807, 2.05) is 11.8 Å². The lowest BCUT2D eigenvalue weighted by Gasteiger charge is -2.20. The highest BCUT2D eigenvalue weighted by Crippen LogP contribution is 2.33. The van der Waals surface area contributed by atoms with Gasteiger partial charge in [-0.2, -0.15) is 17.0 Å². The second-order valence-corrected chi connectivity index (χ2v) is 7.67. The monoisotopic (exact) mass is 371 g/mol. The van der Waals surface area contributed by atoms with Crippen molar-refractivity contribution in [2.75, 3.05) is 11.5 Å². The normalized spacial score (nSPS) is 14.7.